The summed E-state index contributed by atoms with van der Waals surface area (Å²) in [5.74, 6) is 2.39. The highest BCUT2D eigenvalue weighted by Gasteiger charge is 2.12. The van der Waals surface area contributed by atoms with E-state index in [2.05, 4.69) is 0 Å². The van der Waals surface area contributed by atoms with Crippen molar-refractivity contribution in [2.75, 3.05) is 11.7 Å². The normalized spacial score (nSPS) is 21.3. The van der Waals surface area contributed by atoms with Crippen molar-refractivity contribution in [3.63, 3.8) is 0 Å². The second kappa shape index (κ2) is 5.03. The molecule has 1 nitrogen and oxygen atoms in total. The number of aliphatic hydroxyl groups is 1. The molecular formula is C8H16OS. The van der Waals surface area contributed by atoms with Crippen LogP contribution < -0.4 is 0 Å². The summed E-state index contributed by atoms with van der Waals surface area (Å²) in [6.07, 6.45) is 7.05. The molecule has 1 aliphatic carbocycles. The maximum Gasteiger partial charge on any atom is 0.0886 e. The smallest absolute Gasteiger partial charge is 0.0886 e. The molecule has 0 heterocycles. The van der Waals surface area contributed by atoms with Crippen LogP contribution in [0.1, 0.15) is 32.1 Å². The zero-order valence-electron chi connectivity index (χ0n) is 6.38. The van der Waals surface area contributed by atoms with Crippen molar-refractivity contribution in [3.05, 3.63) is 0 Å². The molecule has 0 amide bonds. The van der Waals surface area contributed by atoms with Gasteiger partial charge in [-0.1, -0.05) is 19.3 Å². The highest BCUT2D eigenvalue weighted by atomic mass is 32.2. The summed E-state index contributed by atoms with van der Waals surface area (Å²) in [4.78, 5) is 0. The van der Waals surface area contributed by atoms with Crippen LogP contribution >= 0.6 is 11.8 Å². The summed E-state index contributed by atoms with van der Waals surface area (Å²) in [6.45, 7) is 0. The van der Waals surface area contributed by atoms with Gasteiger partial charge in [-0.2, -0.15) is 0 Å². The van der Waals surface area contributed by atoms with Gasteiger partial charge in [-0.3, -0.25) is 0 Å². The van der Waals surface area contributed by atoms with Gasteiger partial charge in [0.2, 0.25) is 0 Å². The summed E-state index contributed by atoms with van der Waals surface area (Å²) in [5, 5.41) is 8.56. The third kappa shape index (κ3) is 2.93. The molecule has 10 heavy (non-hydrogen) atoms. The maximum absolute atomic E-state index is 8.56. The summed E-state index contributed by atoms with van der Waals surface area (Å²) in [6, 6.07) is 0. The zero-order valence-corrected chi connectivity index (χ0v) is 7.20. The lowest BCUT2D eigenvalue weighted by molar-refractivity contribution is 0.368. The quantitative estimate of drug-likeness (QED) is 0.639. The molecule has 2 heteroatoms. The van der Waals surface area contributed by atoms with Crippen molar-refractivity contribution in [1.29, 1.82) is 0 Å². The van der Waals surface area contributed by atoms with Gasteiger partial charge in [-0.25, -0.2) is 0 Å². The topological polar surface area (TPSA) is 20.2 Å². The van der Waals surface area contributed by atoms with Crippen molar-refractivity contribution < 1.29 is 5.11 Å². The number of hydrogen-bond donors (Lipinski definition) is 1. The molecule has 0 bridgehead atoms. The van der Waals surface area contributed by atoms with Crippen LogP contribution in [0.3, 0.4) is 0 Å². The van der Waals surface area contributed by atoms with Gasteiger partial charge in [-0.05, 0) is 24.5 Å². The maximum atomic E-state index is 8.56. The van der Waals surface area contributed by atoms with Crippen molar-refractivity contribution in [2.24, 2.45) is 5.92 Å². The van der Waals surface area contributed by atoms with Crippen LogP contribution in [0, 0.1) is 5.92 Å². The first-order valence-corrected chi connectivity index (χ1v) is 5.27. The zero-order chi connectivity index (χ0) is 7.23. The minimum Gasteiger partial charge on any atom is -0.386 e. The fraction of sp³-hybridized carbons (Fsp3) is 1.00. The Labute approximate surface area is 67.2 Å². The molecule has 0 radical (unpaired) electrons. The molecule has 1 fully saturated rings. The van der Waals surface area contributed by atoms with E-state index in [-0.39, 0.29) is 0 Å². The molecule has 0 atom stereocenters. The van der Waals surface area contributed by atoms with Crippen LogP contribution in [0.25, 0.3) is 0 Å². The first-order chi connectivity index (χ1) is 4.93. The van der Waals surface area contributed by atoms with E-state index in [1.165, 1.54) is 37.9 Å². The lowest BCUT2D eigenvalue weighted by atomic mass is 9.91. The number of hydrogen-bond acceptors (Lipinski definition) is 2. The summed E-state index contributed by atoms with van der Waals surface area (Å²) >= 11 is 1.67. The molecule has 1 saturated carbocycles. The van der Waals surface area contributed by atoms with E-state index in [4.69, 9.17) is 5.11 Å². The van der Waals surface area contributed by atoms with Crippen molar-refractivity contribution in [2.45, 2.75) is 32.1 Å². The fourth-order valence-electron chi connectivity index (χ4n) is 1.57. The predicted octanol–water partition coefficient (Wildman–Crippen LogP) is 2.25. The Morgan fingerprint density at radius 2 is 1.90 bits per heavy atom. The SMILES string of the molecule is OCSCC1CCCCC1. The monoisotopic (exact) mass is 160 g/mol. The van der Waals surface area contributed by atoms with Crippen LogP contribution in [-0.2, 0) is 0 Å². The molecule has 1 N–H and O–H groups in total. The van der Waals surface area contributed by atoms with Gasteiger partial charge < -0.3 is 5.11 Å². The van der Waals surface area contributed by atoms with Crippen LogP contribution in [0.2, 0.25) is 0 Å². The lowest BCUT2D eigenvalue weighted by Crippen LogP contribution is -2.08. The molecular weight excluding hydrogens is 144 g/mol. The number of aliphatic hydroxyl groups excluding tert-OH is 1. The largest absolute Gasteiger partial charge is 0.386 e. The van der Waals surface area contributed by atoms with E-state index in [1.54, 1.807) is 11.8 Å². The third-order valence-electron chi connectivity index (χ3n) is 2.17. The van der Waals surface area contributed by atoms with Gasteiger partial charge in [0.25, 0.3) is 0 Å². The highest BCUT2D eigenvalue weighted by molar-refractivity contribution is 7.99. The average molecular weight is 160 g/mol. The molecule has 0 aliphatic heterocycles. The van der Waals surface area contributed by atoms with Gasteiger partial charge in [0.15, 0.2) is 0 Å². The second-order valence-corrected chi connectivity index (χ2v) is 4.00. The van der Waals surface area contributed by atoms with E-state index >= 15 is 0 Å². The van der Waals surface area contributed by atoms with Crippen LogP contribution in [0.5, 0.6) is 0 Å². The Balaban J connectivity index is 2.02. The molecule has 0 saturated heterocycles. The van der Waals surface area contributed by atoms with Crippen LogP contribution in [-0.4, -0.2) is 16.8 Å². The highest BCUT2D eigenvalue weighted by Crippen LogP contribution is 2.26. The Hall–Kier alpha value is 0.310. The second-order valence-electron chi connectivity index (χ2n) is 3.00. The van der Waals surface area contributed by atoms with Crippen molar-refractivity contribution >= 4 is 11.8 Å². The predicted molar refractivity (Wildman–Crippen MR) is 46.1 cm³/mol. The minimum atomic E-state index is 0.302. The molecule has 0 aromatic carbocycles. The van der Waals surface area contributed by atoms with E-state index < -0.39 is 0 Å². The Kier molecular flexibility index (Phi) is 4.23. The third-order valence-corrected chi connectivity index (χ3v) is 3.06. The first kappa shape index (κ1) is 8.41. The number of rotatable bonds is 3. The Morgan fingerprint density at radius 1 is 1.20 bits per heavy atom. The summed E-state index contributed by atoms with van der Waals surface area (Å²) < 4.78 is 0. The Bertz CT molecular complexity index is 79.3. The lowest BCUT2D eigenvalue weighted by Gasteiger charge is -2.20. The van der Waals surface area contributed by atoms with Crippen molar-refractivity contribution in [1.82, 2.24) is 0 Å². The van der Waals surface area contributed by atoms with E-state index in [9.17, 15) is 0 Å². The van der Waals surface area contributed by atoms with Gasteiger partial charge in [0, 0.05) is 0 Å². The molecule has 0 unspecified atom stereocenters. The standard InChI is InChI=1S/C8H16OS/c9-7-10-6-8-4-2-1-3-5-8/h8-9H,1-7H2. The van der Waals surface area contributed by atoms with Gasteiger partial charge in [0.1, 0.15) is 0 Å². The van der Waals surface area contributed by atoms with Crippen LogP contribution in [0.15, 0.2) is 0 Å². The molecule has 60 valence electrons. The Morgan fingerprint density at radius 3 is 2.50 bits per heavy atom. The van der Waals surface area contributed by atoms with Gasteiger partial charge >= 0.3 is 0 Å². The minimum absolute atomic E-state index is 0.302. The fourth-order valence-corrected chi connectivity index (χ4v) is 2.35. The summed E-state index contributed by atoms with van der Waals surface area (Å²) in [5.41, 5.74) is 0. The molecule has 0 aromatic rings. The van der Waals surface area contributed by atoms with Gasteiger partial charge in [0.05, 0.1) is 5.94 Å². The van der Waals surface area contributed by atoms with Gasteiger partial charge in [-0.15, -0.1) is 11.8 Å². The molecule has 0 aromatic heterocycles. The summed E-state index contributed by atoms with van der Waals surface area (Å²) in [7, 11) is 0. The molecule has 0 spiro atoms. The number of thioether (sulfide) groups is 1. The van der Waals surface area contributed by atoms with E-state index in [0.717, 1.165) is 5.92 Å². The molecule has 1 rings (SSSR count). The molecule has 1 aliphatic rings. The average Bonchev–Trinajstić information content (AvgIpc) is 2.03. The van der Waals surface area contributed by atoms with E-state index in [1.807, 2.05) is 0 Å². The van der Waals surface area contributed by atoms with Crippen LogP contribution in [0.4, 0.5) is 0 Å². The first-order valence-electron chi connectivity index (χ1n) is 4.12. The van der Waals surface area contributed by atoms with Crippen molar-refractivity contribution in [3.8, 4) is 0 Å². The van der Waals surface area contributed by atoms with E-state index in [0.29, 0.717) is 5.94 Å².